The van der Waals surface area contributed by atoms with E-state index in [1.807, 2.05) is 12.1 Å². The summed E-state index contributed by atoms with van der Waals surface area (Å²) in [7, 11) is 0. The Labute approximate surface area is 163 Å². The smallest absolute Gasteiger partial charge is 0.256 e. The van der Waals surface area contributed by atoms with Crippen LogP contribution in [0.15, 0.2) is 30.5 Å². The number of aliphatic hydroxyl groups is 1. The van der Waals surface area contributed by atoms with Gasteiger partial charge in [0, 0.05) is 24.0 Å². The zero-order valence-electron chi connectivity index (χ0n) is 15.7. The van der Waals surface area contributed by atoms with Gasteiger partial charge in [0.05, 0.1) is 23.4 Å². The summed E-state index contributed by atoms with van der Waals surface area (Å²) in [6, 6.07) is 7.30. The first-order valence-corrected chi connectivity index (χ1v) is 9.96. The summed E-state index contributed by atoms with van der Waals surface area (Å²) in [4.78, 5) is 32.0. The van der Waals surface area contributed by atoms with Crippen LogP contribution < -0.4 is 5.32 Å². The molecule has 2 N–H and O–H groups in total. The summed E-state index contributed by atoms with van der Waals surface area (Å²) < 4.78 is 0. The van der Waals surface area contributed by atoms with Crippen LogP contribution in [0.5, 0.6) is 0 Å². The van der Waals surface area contributed by atoms with E-state index in [0.717, 1.165) is 55.3 Å². The molecule has 2 amide bonds. The number of benzene rings is 1. The van der Waals surface area contributed by atoms with Crippen LogP contribution in [0.2, 0.25) is 0 Å². The number of hydrogen-bond acceptors (Lipinski definition) is 4. The molecular weight excluding hydrogens is 354 g/mol. The van der Waals surface area contributed by atoms with Crippen LogP contribution in [0.25, 0.3) is 0 Å². The first kappa shape index (κ1) is 17.4. The Kier molecular flexibility index (Phi) is 3.98. The molecule has 0 bridgehead atoms. The highest BCUT2D eigenvalue weighted by atomic mass is 16.3. The number of carbonyl (C=O) groups is 2. The molecular formula is C22H23N3O3. The van der Waals surface area contributed by atoms with Crippen molar-refractivity contribution in [1.29, 1.82) is 0 Å². The van der Waals surface area contributed by atoms with Crippen LogP contribution in [0, 0.1) is 0 Å². The Bertz CT molecular complexity index is 981. The fraction of sp³-hybridized carbons (Fsp3) is 0.409. The molecule has 1 aromatic heterocycles. The van der Waals surface area contributed by atoms with E-state index in [9.17, 15) is 14.7 Å². The van der Waals surface area contributed by atoms with Gasteiger partial charge < -0.3 is 15.3 Å². The zero-order chi connectivity index (χ0) is 19.3. The van der Waals surface area contributed by atoms with Gasteiger partial charge in [0.1, 0.15) is 0 Å². The number of nitrogens with one attached hydrogen (secondary N) is 1. The molecule has 0 unspecified atom stereocenters. The van der Waals surface area contributed by atoms with Crippen molar-refractivity contribution in [3.8, 4) is 0 Å². The topological polar surface area (TPSA) is 82.5 Å². The average Bonchev–Trinajstić information content (AvgIpc) is 3.25. The van der Waals surface area contributed by atoms with E-state index < -0.39 is 5.60 Å². The molecule has 1 aliphatic heterocycles. The van der Waals surface area contributed by atoms with E-state index in [2.05, 4.69) is 10.3 Å². The molecule has 0 atom stereocenters. The molecule has 144 valence electrons. The second kappa shape index (κ2) is 6.41. The number of nitrogens with zero attached hydrogens (tertiary/aromatic N) is 2. The van der Waals surface area contributed by atoms with Crippen molar-refractivity contribution in [2.75, 3.05) is 11.9 Å². The number of anilines is 1. The van der Waals surface area contributed by atoms with Crippen LogP contribution >= 0.6 is 0 Å². The van der Waals surface area contributed by atoms with E-state index in [0.29, 0.717) is 29.9 Å². The highest BCUT2D eigenvalue weighted by Gasteiger charge is 2.40. The quantitative estimate of drug-likeness (QED) is 0.858. The van der Waals surface area contributed by atoms with Crippen molar-refractivity contribution in [2.24, 2.45) is 0 Å². The van der Waals surface area contributed by atoms with Gasteiger partial charge in [0.25, 0.3) is 11.8 Å². The van der Waals surface area contributed by atoms with Crippen molar-refractivity contribution in [2.45, 2.75) is 50.7 Å². The lowest BCUT2D eigenvalue weighted by atomic mass is 9.80. The van der Waals surface area contributed by atoms with E-state index in [1.54, 1.807) is 23.2 Å². The van der Waals surface area contributed by atoms with Gasteiger partial charge in [-0.05, 0) is 61.8 Å². The van der Waals surface area contributed by atoms with Crippen LogP contribution in [0.1, 0.15) is 63.2 Å². The number of hydrogen-bond donors (Lipinski definition) is 2. The summed E-state index contributed by atoms with van der Waals surface area (Å²) in [5, 5.41) is 13.4. The SMILES string of the molecule is O=C(Nc1cccc2c1C(=O)N(CC1(O)CCC1)C2)c1ccnc2c1CCC2. The van der Waals surface area contributed by atoms with Gasteiger partial charge in [-0.1, -0.05) is 12.1 Å². The minimum atomic E-state index is -0.751. The maximum absolute atomic E-state index is 13.0. The van der Waals surface area contributed by atoms with Crippen molar-refractivity contribution in [3.63, 3.8) is 0 Å². The van der Waals surface area contributed by atoms with E-state index >= 15 is 0 Å². The molecule has 1 saturated carbocycles. The molecule has 0 radical (unpaired) electrons. The first-order chi connectivity index (χ1) is 13.5. The van der Waals surface area contributed by atoms with Crippen molar-refractivity contribution < 1.29 is 14.7 Å². The third-order valence-corrected chi connectivity index (χ3v) is 6.26. The monoisotopic (exact) mass is 377 g/mol. The maximum atomic E-state index is 13.0. The Hall–Kier alpha value is -2.73. The molecule has 2 aliphatic carbocycles. The second-order valence-electron chi connectivity index (χ2n) is 8.17. The predicted molar refractivity (Wildman–Crippen MR) is 104 cm³/mol. The Balaban J connectivity index is 1.40. The normalized spacial score (nSPS) is 19.2. The lowest BCUT2D eigenvalue weighted by molar-refractivity contribution is -0.0535. The van der Waals surface area contributed by atoms with E-state index in [4.69, 9.17) is 0 Å². The largest absolute Gasteiger partial charge is 0.388 e. The van der Waals surface area contributed by atoms with Gasteiger partial charge in [0.15, 0.2) is 0 Å². The van der Waals surface area contributed by atoms with Crippen LogP contribution in [-0.4, -0.2) is 39.0 Å². The fourth-order valence-electron chi connectivity index (χ4n) is 4.62. The molecule has 6 heteroatoms. The average molecular weight is 377 g/mol. The molecule has 1 fully saturated rings. The minimum absolute atomic E-state index is 0.119. The van der Waals surface area contributed by atoms with Gasteiger partial charge >= 0.3 is 0 Å². The second-order valence-corrected chi connectivity index (χ2v) is 8.17. The summed E-state index contributed by atoms with van der Waals surface area (Å²) in [6.07, 6.45) is 6.96. The van der Waals surface area contributed by atoms with E-state index in [1.165, 1.54) is 0 Å². The van der Waals surface area contributed by atoms with E-state index in [-0.39, 0.29) is 11.8 Å². The molecule has 5 rings (SSSR count). The summed E-state index contributed by atoms with van der Waals surface area (Å²) >= 11 is 0. The fourth-order valence-corrected chi connectivity index (χ4v) is 4.62. The number of pyridine rings is 1. The Morgan fingerprint density at radius 1 is 1.21 bits per heavy atom. The number of rotatable bonds is 4. The van der Waals surface area contributed by atoms with Crippen molar-refractivity contribution in [3.05, 3.63) is 58.4 Å². The molecule has 1 aromatic carbocycles. The Morgan fingerprint density at radius 3 is 2.86 bits per heavy atom. The van der Waals surface area contributed by atoms with Gasteiger partial charge in [0.2, 0.25) is 0 Å². The molecule has 3 aliphatic rings. The van der Waals surface area contributed by atoms with Gasteiger partial charge in [-0.25, -0.2) is 0 Å². The van der Waals surface area contributed by atoms with Gasteiger partial charge in [-0.15, -0.1) is 0 Å². The number of carbonyl (C=O) groups excluding carboxylic acids is 2. The predicted octanol–water partition coefficient (Wildman–Crippen LogP) is 2.69. The highest BCUT2D eigenvalue weighted by Crippen LogP contribution is 2.36. The van der Waals surface area contributed by atoms with Crippen molar-refractivity contribution in [1.82, 2.24) is 9.88 Å². The lowest BCUT2D eigenvalue weighted by Crippen LogP contribution is -2.48. The molecule has 2 aromatic rings. The molecule has 6 nitrogen and oxygen atoms in total. The number of aromatic nitrogens is 1. The standard InChI is InChI=1S/C22H23N3O3/c26-20(16-8-11-23-17-6-2-5-15(16)17)24-18-7-1-4-14-12-25(21(27)19(14)18)13-22(28)9-3-10-22/h1,4,7-8,11,28H,2-3,5-6,9-10,12-13H2,(H,24,26). The summed E-state index contributed by atoms with van der Waals surface area (Å²) in [5.74, 6) is -0.316. The third kappa shape index (κ3) is 2.79. The molecule has 28 heavy (non-hydrogen) atoms. The number of aryl methyl sites for hydroxylation is 1. The maximum Gasteiger partial charge on any atom is 0.256 e. The number of amides is 2. The third-order valence-electron chi connectivity index (χ3n) is 6.26. The summed E-state index contributed by atoms with van der Waals surface area (Å²) in [5.41, 5.74) is 3.90. The zero-order valence-corrected chi connectivity index (χ0v) is 15.7. The first-order valence-electron chi connectivity index (χ1n) is 9.96. The van der Waals surface area contributed by atoms with Gasteiger partial charge in [-0.2, -0.15) is 0 Å². The van der Waals surface area contributed by atoms with Crippen LogP contribution in [-0.2, 0) is 19.4 Å². The summed E-state index contributed by atoms with van der Waals surface area (Å²) in [6.45, 7) is 0.830. The van der Waals surface area contributed by atoms with Gasteiger partial charge in [-0.3, -0.25) is 14.6 Å². The molecule has 0 spiro atoms. The van der Waals surface area contributed by atoms with Crippen LogP contribution in [0.4, 0.5) is 5.69 Å². The highest BCUT2D eigenvalue weighted by molar-refractivity contribution is 6.11. The lowest BCUT2D eigenvalue weighted by Gasteiger charge is -2.39. The molecule has 0 saturated heterocycles. The van der Waals surface area contributed by atoms with Crippen molar-refractivity contribution >= 4 is 17.5 Å². The number of β-amino-alcohol motifs (C(OH)–C–C–N with tert-alkyl or cyclic N) is 1. The molecule has 2 heterocycles. The minimum Gasteiger partial charge on any atom is -0.388 e. The Morgan fingerprint density at radius 2 is 2.07 bits per heavy atom. The number of fused-ring (bicyclic) bond motifs is 2. The van der Waals surface area contributed by atoms with Crippen LogP contribution in [0.3, 0.4) is 0 Å².